The van der Waals surface area contributed by atoms with Gasteiger partial charge in [-0.15, -0.1) is 0 Å². The van der Waals surface area contributed by atoms with Gasteiger partial charge in [-0.3, -0.25) is 0 Å². The van der Waals surface area contributed by atoms with Crippen LogP contribution in [-0.4, -0.2) is 58.0 Å². The second-order valence-electron chi connectivity index (χ2n) is 11.4. The maximum atomic E-state index is 6.76. The van der Waals surface area contributed by atoms with E-state index in [2.05, 4.69) is 79.7 Å². The van der Waals surface area contributed by atoms with E-state index in [1.165, 1.54) is 0 Å². The zero-order valence-corrected chi connectivity index (χ0v) is 24.1. The molecule has 41 heavy (non-hydrogen) atoms. The van der Waals surface area contributed by atoms with E-state index in [0.717, 1.165) is 112 Å². The lowest BCUT2D eigenvalue weighted by Gasteiger charge is -2.37. The van der Waals surface area contributed by atoms with E-state index in [-0.39, 0.29) is 18.3 Å². The average Bonchev–Trinajstić information content (AvgIpc) is 3.03. The Morgan fingerprint density at radius 2 is 0.732 bits per heavy atom. The van der Waals surface area contributed by atoms with Gasteiger partial charge in [0.05, 0.1) is 45.1 Å². The summed E-state index contributed by atoms with van der Waals surface area (Å²) in [4.78, 5) is 0. The van der Waals surface area contributed by atoms with Gasteiger partial charge in [0.15, 0.2) is 0 Å². The average molecular weight is 559 g/mol. The van der Waals surface area contributed by atoms with Gasteiger partial charge in [-0.2, -0.15) is 0 Å². The fourth-order valence-electron chi connectivity index (χ4n) is 6.30. The van der Waals surface area contributed by atoms with Crippen LogP contribution in [0.1, 0.15) is 62.1 Å². The van der Waals surface area contributed by atoms with Crippen molar-refractivity contribution in [3.8, 4) is 17.2 Å². The standard InChI is InChI=1S/C35H42O6/c1-35(29-8-2-5-11-32(29)39-26-14-20-36-21-15-26,30-9-3-6-12-33(30)40-27-16-22-37-23-17-27)31-10-4-7-13-34(31)41-28-18-24-38-25-19-28/h2-13,26-28H,14-25H2,1H3. The van der Waals surface area contributed by atoms with Gasteiger partial charge in [-0.05, 0) is 25.1 Å². The Morgan fingerprint density at radius 1 is 0.463 bits per heavy atom. The number of hydrogen-bond donors (Lipinski definition) is 0. The topological polar surface area (TPSA) is 55.4 Å². The SMILES string of the molecule is CC(c1ccccc1OC1CCOCC1)(c1ccccc1OC1CCOCC1)c1ccccc1OC1CCOCC1. The van der Waals surface area contributed by atoms with E-state index in [9.17, 15) is 0 Å². The molecule has 0 bridgehead atoms. The maximum absolute atomic E-state index is 6.76. The maximum Gasteiger partial charge on any atom is 0.124 e. The van der Waals surface area contributed by atoms with E-state index in [4.69, 9.17) is 28.4 Å². The molecule has 3 saturated heterocycles. The Kier molecular flexibility index (Phi) is 9.10. The van der Waals surface area contributed by atoms with Crippen molar-refractivity contribution in [2.45, 2.75) is 69.2 Å². The molecule has 0 amide bonds. The van der Waals surface area contributed by atoms with Gasteiger partial charge >= 0.3 is 0 Å². The molecule has 3 aliphatic rings. The van der Waals surface area contributed by atoms with Crippen LogP contribution in [0.15, 0.2) is 72.8 Å². The second-order valence-corrected chi connectivity index (χ2v) is 11.4. The van der Waals surface area contributed by atoms with Gasteiger partial charge in [-0.1, -0.05) is 54.6 Å². The summed E-state index contributed by atoms with van der Waals surface area (Å²) in [5.41, 5.74) is 2.67. The predicted molar refractivity (Wildman–Crippen MR) is 158 cm³/mol. The molecule has 3 aromatic carbocycles. The summed E-state index contributed by atoms with van der Waals surface area (Å²) < 4.78 is 37.1. The first kappa shape index (κ1) is 28.1. The van der Waals surface area contributed by atoms with Crippen LogP contribution < -0.4 is 14.2 Å². The molecule has 3 heterocycles. The zero-order valence-electron chi connectivity index (χ0n) is 24.1. The minimum Gasteiger partial charge on any atom is -0.490 e. The van der Waals surface area contributed by atoms with Gasteiger partial charge in [0.2, 0.25) is 0 Å². The van der Waals surface area contributed by atoms with Crippen molar-refractivity contribution >= 4 is 0 Å². The van der Waals surface area contributed by atoms with Crippen LogP contribution in [0.5, 0.6) is 17.2 Å². The van der Waals surface area contributed by atoms with Crippen LogP contribution in [-0.2, 0) is 19.6 Å². The summed E-state index contributed by atoms with van der Waals surface area (Å²) in [6.07, 6.45) is 5.69. The van der Waals surface area contributed by atoms with Crippen molar-refractivity contribution in [2.75, 3.05) is 39.6 Å². The monoisotopic (exact) mass is 558 g/mol. The van der Waals surface area contributed by atoms with Gasteiger partial charge in [-0.25, -0.2) is 0 Å². The third-order valence-corrected chi connectivity index (χ3v) is 8.66. The van der Waals surface area contributed by atoms with Crippen molar-refractivity contribution in [3.05, 3.63) is 89.5 Å². The van der Waals surface area contributed by atoms with Crippen LogP contribution in [0.4, 0.5) is 0 Å². The summed E-state index contributed by atoms with van der Waals surface area (Å²) in [5, 5.41) is 0. The molecule has 0 unspecified atom stereocenters. The normalized spacial score (nSPS) is 19.5. The molecule has 0 spiro atoms. The van der Waals surface area contributed by atoms with Crippen LogP contribution in [0.2, 0.25) is 0 Å². The summed E-state index contributed by atoms with van der Waals surface area (Å²) in [7, 11) is 0. The lowest BCUT2D eigenvalue weighted by Crippen LogP contribution is -2.33. The Hall–Kier alpha value is -3.06. The van der Waals surface area contributed by atoms with Crippen molar-refractivity contribution in [1.82, 2.24) is 0 Å². The molecule has 6 heteroatoms. The molecular weight excluding hydrogens is 516 g/mol. The number of para-hydroxylation sites is 3. The fraction of sp³-hybridized carbons (Fsp3) is 0.486. The van der Waals surface area contributed by atoms with E-state index in [1.54, 1.807) is 0 Å². The van der Waals surface area contributed by atoms with Crippen LogP contribution in [0, 0.1) is 0 Å². The van der Waals surface area contributed by atoms with Gasteiger partial charge in [0.1, 0.15) is 35.6 Å². The first-order valence-electron chi connectivity index (χ1n) is 15.2. The minimum atomic E-state index is -0.620. The highest BCUT2D eigenvalue weighted by atomic mass is 16.5. The molecule has 0 atom stereocenters. The minimum absolute atomic E-state index is 0.122. The molecule has 3 aromatic rings. The molecule has 0 radical (unpaired) electrons. The molecule has 0 aromatic heterocycles. The number of rotatable bonds is 9. The zero-order chi connectivity index (χ0) is 27.9. The second kappa shape index (κ2) is 13.3. The fourth-order valence-corrected chi connectivity index (χ4v) is 6.30. The van der Waals surface area contributed by atoms with E-state index >= 15 is 0 Å². The smallest absolute Gasteiger partial charge is 0.124 e. The molecule has 3 aliphatic heterocycles. The number of benzene rings is 3. The van der Waals surface area contributed by atoms with Gasteiger partial charge < -0.3 is 28.4 Å². The van der Waals surface area contributed by atoms with E-state index in [1.807, 2.05) is 0 Å². The molecular formula is C35H42O6. The van der Waals surface area contributed by atoms with Crippen molar-refractivity contribution in [2.24, 2.45) is 0 Å². The quantitative estimate of drug-likeness (QED) is 0.272. The highest BCUT2D eigenvalue weighted by molar-refractivity contribution is 5.61. The van der Waals surface area contributed by atoms with Crippen molar-refractivity contribution in [1.29, 1.82) is 0 Å². The van der Waals surface area contributed by atoms with Crippen molar-refractivity contribution < 1.29 is 28.4 Å². The van der Waals surface area contributed by atoms with Gasteiger partial charge in [0, 0.05) is 55.2 Å². The van der Waals surface area contributed by atoms with Gasteiger partial charge in [0.25, 0.3) is 0 Å². The summed E-state index contributed by atoms with van der Waals surface area (Å²) in [5.74, 6) is 2.68. The third-order valence-electron chi connectivity index (χ3n) is 8.66. The Labute approximate surface area is 243 Å². The van der Waals surface area contributed by atoms with Crippen LogP contribution in [0.3, 0.4) is 0 Å². The first-order valence-corrected chi connectivity index (χ1v) is 15.2. The molecule has 0 N–H and O–H groups in total. The van der Waals surface area contributed by atoms with E-state index < -0.39 is 5.41 Å². The Morgan fingerprint density at radius 3 is 1.02 bits per heavy atom. The largest absolute Gasteiger partial charge is 0.490 e. The highest BCUT2D eigenvalue weighted by Gasteiger charge is 2.40. The summed E-state index contributed by atoms with van der Waals surface area (Å²) in [6.45, 7) is 6.67. The highest BCUT2D eigenvalue weighted by Crippen LogP contribution is 2.49. The molecule has 6 nitrogen and oxygen atoms in total. The lowest BCUT2D eigenvalue weighted by atomic mass is 9.70. The first-order chi connectivity index (χ1) is 20.2. The lowest BCUT2D eigenvalue weighted by molar-refractivity contribution is 0.0239. The molecule has 0 aliphatic carbocycles. The summed E-state index contributed by atoms with van der Waals surface area (Å²) >= 11 is 0. The molecule has 0 saturated carbocycles. The number of hydrogen-bond acceptors (Lipinski definition) is 6. The molecule has 3 fully saturated rings. The van der Waals surface area contributed by atoms with Crippen molar-refractivity contribution in [3.63, 3.8) is 0 Å². The Bertz CT molecular complexity index is 1100. The van der Waals surface area contributed by atoms with E-state index in [0.29, 0.717) is 0 Å². The molecule has 218 valence electrons. The van der Waals surface area contributed by atoms with Crippen LogP contribution in [0.25, 0.3) is 0 Å². The summed E-state index contributed by atoms with van der Waals surface area (Å²) in [6, 6.07) is 25.4. The van der Waals surface area contributed by atoms with Crippen LogP contribution >= 0.6 is 0 Å². The predicted octanol–water partition coefficient (Wildman–Crippen LogP) is 6.71. The number of ether oxygens (including phenoxy) is 6. The Balaban J connectivity index is 1.47. The third kappa shape index (κ3) is 6.40. The molecule has 6 rings (SSSR count).